The molecule has 2 aliphatic heterocycles. The molecule has 6 heteroatoms. The lowest BCUT2D eigenvalue weighted by Crippen LogP contribution is -2.51. The molecule has 2 heterocycles. The highest BCUT2D eigenvalue weighted by Gasteiger charge is 2.41. The van der Waals surface area contributed by atoms with E-state index in [1.165, 1.54) is 17.7 Å². The Morgan fingerprint density at radius 3 is 2.13 bits per heavy atom. The van der Waals surface area contributed by atoms with Gasteiger partial charge in [-0.3, -0.25) is 4.90 Å². The summed E-state index contributed by atoms with van der Waals surface area (Å²) in [6, 6.07) is 31.7. The fourth-order valence-corrected chi connectivity index (χ4v) is 5.40. The van der Waals surface area contributed by atoms with Gasteiger partial charge in [-0.15, -0.1) is 0 Å². The van der Waals surface area contributed by atoms with Gasteiger partial charge in [-0.05, 0) is 62.0 Å². The predicted octanol–water partition coefficient (Wildman–Crippen LogP) is 7.10. The number of anilines is 3. The van der Waals surface area contributed by atoms with Crippen LogP contribution in [0.4, 0.5) is 21.5 Å². The van der Waals surface area contributed by atoms with Crippen LogP contribution < -0.4 is 14.5 Å². The number of hydrogen-bond acceptors (Lipinski definition) is 5. The molecule has 192 valence electrons. The predicted molar refractivity (Wildman–Crippen MR) is 151 cm³/mol. The van der Waals surface area contributed by atoms with Gasteiger partial charge in [0.25, 0.3) is 0 Å². The number of ether oxygens (including phenoxy) is 1. The van der Waals surface area contributed by atoms with Crippen molar-refractivity contribution in [2.75, 3.05) is 37.2 Å². The summed E-state index contributed by atoms with van der Waals surface area (Å²) >= 11 is 0. The SMILES string of the molecule is CN1C=CN(c2cccc(Oc3cccc(N4CN(C)C(C)(c5ccc(F)cc5)c5ccccc54)c3)c2)C1. The maximum Gasteiger partial charge on any atom is 0.129 e. The molecule has 1 unspecified atom stereocenters. The number of fused-ring (bicyclic) bond motifs is 1. The number of benzene rings is 4. The molecule has 6 rings (SSSR count). The van der Waals surface area contributed by atoms with E-state index in [1.54, 1.807) is 0 Å². The Kier molecular flexibility index (Phi) is 6.04. The van der Waals surface area contributed by atoms with Crippen LogP contribution in [0.5, 0.6) is 11.5 Å². The summed E-state index contributed by atoms with van der Waals surface area (Å²) in [6.07, 6.45) is 4.13. The number of nitrogens with zero attached hydrogens (tertiary/aromatic N) is 4. The molecular weight excluding hydrogens is 475 g/mol. The maximum atomic E-state index is 13.7. The Balaban J connectivity index is 1.31. The topological polar surface area (TPSA) is 22.2 Å². The number of para-hydroxylation sites is 1. The molecule has 1 atom stereocenters. The summed E-state index contributed by atoms with van der Waals surface area (Å²) in [5.41, 5.74) is 5.09. The molecular formula is C32H31FN4O. The molecule has 0 saturated carbocycles. The van der Waals surface area contributed by atoms with Crippen molar-refractivity contribution in [2.24, 2.45) is 0 Å². The second kappa shape index (κ2) is 9.54. The van der Waals surface area contributed by atoms with Gasteiger partial charge in [-0.25, -0.2) is 4.39 Å². The first-order valence-corrected chi connectivity index (χ1v) is 12.8. The van der Waals surface area contributed by atoms with E-state index in [2.05, 4.69) is 102 Å². The van der Waals surface area contributed by atoms with Crippen LogP contribution in [0.1, 0.15) is 18.1 Å². The lowest BCUT2D eigenvalue weighted by Gasteiger charge is -2.49. The molecule has 0 radical (unpaired) electrons. The van der Waals surface area contributed by atoms with Crippen LogP contribution >= 0.6 is 0 Å². The van der Waals surface area contributed by atoms with Gasteiger partial charge in [0.2, 0.25) is 0 Å². The Hall–Kier alpha value is -4.29. The molecule has 0 aliphatic carbocycles. The minimum absolute atomic E-state index is 0.225. The normalized spacial score (nSPS) is 19.1. The molecule has 0 spiro atoms. The van der Waals surface area contributed by atoms with E-state index in [4.69, 9.17) is 4.74 Å². The number of halogens is 1. The molecule has 0 N–H and O–H groups in total. The van der Waals surface area contributed by atoms with Gasteiger partial charge < -0.3 is 19.4 Å². The van der Waals surface area contributed by atoms with Gasteiger partial charge in [0.15, 0.2) is 0 Å². The molecule has 4 aromatic carbocycles. The lowest BCUT2D eigenvalue weighted by molar-refractivity contribution is 0.171. The summed E-state index contributed by atoms with van der Waals surface area (Å²) < 4.78 is 20.1. The zero-order valence-corrected chi connectivity index (χ0v) is 21.9. The van der Waals surface area contributed by atoms with Crippen LogP contribution in [0.3, 0.4) is 0 Å². The van der Waals surface area contributed by atoms with E-state index in [-0.39, 0.29) is 5.82 Å². The molecule has 2 aliphatic rings. The van der Waals surface area contributed by atoms with E-state index < -0.39 is 5.54 Å². The summed E-state index contributed by atoms with van der Waals surface area (Å²) in [5.74, 6) is 1.35. The van der Waals surface area contributed by atoms with E-state index in [9.17, 15) is 4.39 Å². The molecule has 4 aromatic rings. The van der Waals surface area contributed by atoms with Crippen molar-refractivity contribution < 1.29 is 9.13 Å². The minimum atomic E-state index is -0.395. The van der Waals surface area contributed by atoms with Gasteiger partial charge in [0.1, 0.15) is 17.3 Å². The highest BCUT2D eigenvalue weighted by Crippen LogP contribution is 2.46. The highest BCUT2D eigenvalue weighted by molar-refractivity contribution is 5.71. The quantitative estimate of drug-likeness (QED) is 0.287. The summed E-state index contributed by atoms with van der Waals surface area (Å²) in [6.45, 7) is 3.69. The van der Waals surface area contributed by atoms with Crippen molar-refractivity contribution >= 4 is 17.1 Å². The van der Waals surface area contributed by atoms with Crippen molar-refractivity contribution in [1.29, 1.82) is 0 Å². The van der Waals surface area contributed by atoms with E-state index in [0.717, 1.165) is 40.8 Å². The summed E-state index contributed by atoms with van der Waals surface area (Å²) in [5, 5.41) is 0. The summed E-state index contributed by atoms with van der Waals surface area (Å²) in [7, 11) is 4.17. The van der Waals surface area contributed by atoms with Crippen LogP contribution in [0.2, 0.25) is 0 Å². The standard InChI is InChI=1S/C32H31FN4O/c1-32(24-14-16-25(33)17-15-24)30-12-4-5-13-31(30)37(23-35(32)3)27-9-7-11-29(21-27)38-28-10-6-8-26(20-28)36-19-18-34(2)22-36/h4-21H,22-23H2,1-3H3. The zero-order chi connectivity index (χ0) is 26.3. The largest absolute Gasteiger partial charge is 0.457 e. The average Bonchev–Trinajstić information content (AvgIpc) is 3.38. The molecule has 0 fully saturated rings. The van der Waals surface area contributed by atoms with Crippen LogP contribution in [0.15, 0.2) is 109 Å². The second-order valence-electron chi connectivity index (χ2n) is 10.1. The van der Waals surface area contributed by atoms with Crippen molar-refractivity contribution in [1.82, 2.24) is 9.80 Å². The third kappa shape index (κ3) is 4.27. The lowest BCUT2D eigenvalue weighted by atomic mass is 9.80. The highest BCUT2D eigenvalue weighted by atomic mass is 19.1. The zero-order valence-electron chi connectivity index (χ0n) is 21.9. The maximum absolute atomic E-state index is 13.7. The van der Waals surface area contributed by atoms with Crippen LogP contribution in [0, 0.1) is 5.82 Å². The first kappa shape index (κ1) is 24.1. The fourth-order valence-electron chi connectivity index (χ4n) is 5.40. The number of hydrogen-bond donors (Lipinski definition) is 0. The second-order valence-corrected chi connectivity index (χ2v) is 10.1. The Bertz CT molecular complexity index is 1490. The third-order valence-electron chi connectivity index (χ3n) is 7.63. The van der Waals surface area contributed by atoms with E-state index in [0.29, 0.717) is 6.67 Å². The third-order valence-corrected chi connectivity index (χ3v) is 7.63. The van der Waals surface area contributed by atoms with Crippen molar-refractivity contribution in [3.63, 3.8) is 0 Å². The monoisotopic (exact) mass is 506 g/mol. The molecule has 38 heavy (non-hydrogen) atoms. The van der Waals surface area contributed by atoms with Gasteiger partial charge in [-0.2, -0.15) is 0 Å². The Morgan fingerprint density at radius 1 is 0.737 bits per heavy atom. The fraction of sp³-hybridized carbons (Fsp3) is 0.188. The molecule has 0 saturated heterocycles. The Labute approximate surface area is 223 Å². The van der Waals surface area contributed by atoms with E-state index >= 15 is 0 Å². The first-order chi connectivity index (χ1) is 18.4. The van der Waals surface area contributed by atoms with Gasteiger partial charge in [0, 0.05) is 54.2 Å². The van der Waals surface area contributed by atoms with Crippen LogP contribution in [0.25, 0.3) is 0 Å². The summed E-state index contributed by atoms with van der Waals surface area (Å²) in [4.78, 5) is 8.92. The van der Waals surface area contributed by atoms with E-state index in [1.807, 2.05) is 36.4 Å². The van der Waals surface area contributed by atoms with Crippen molar-refractivity contribution in [3.8, 4) is 11.5 Å². The molecule has 0 amide bonds. The molecule has 5 nitrogen and oxygen atoms in total. The minimum Gasteiger partial charge on any atom is -0.457 e. The van der Waals surface area contributed by atoms with Gasteiger partial charge in [-0.1, -0.05) is 42.5 Å². The first-order valence-electron chi connectivity index (χ1n) is 12.8. The number of rotatable bonds is 5. The smallest absolute Gasteiger partial charge is 0.129 e. The van der Waals surface area contributed by atoms with Gasteiger partial charge in [0.05, 0.1) is 18.9 Å². The van der Waals surface area contributed by atoms with Crippen LogP contribution in [-0.4, -0.2) is 37.2 Å². The van der Waals surface area contributed by atoms with Crippen molar-refractivity contribution in [3.05, 3.63) is 126 Å². The average molecular weight is 507 g/mol. The molecule has 0 bridgehead atoms. The van der Waals surface area contributed by atoms with Crippen molar-refractivity contribution in [2.45, 2.75) is 12.5 Å². The molecule has 0 aromatic heterocycles. The van der Waals surface area contributed by atoms with Crippen LogP contribution in [-0.2, 0) is 5.54 Å². The Morgan fingerprint density at radius 2 is 1.42 bits per heavy atom. The van der Waals surface area contributed by atoms with Gasteiger partial charge >= 0.3 is 0 Å².